The van der Waals surface area contributed by atoms with Crippen molar-refractivity contribution < 1.29 is 13.2 Å². The number of carbonyl (C=O) groups excluding carboxylic acids is 1. The molecule has 1 aliphatic carbocycles. The second kappa shape index (κ2) is 8.78. The molecule has 2 N–H and O–H groups in total. The van der Waals surface area contributed by atoms with Crippen LogP contribution in [-0.2, 0) is 10.0 Å². The summed E-state index contributed by atoms with van der Waals surface area (Å²) in [5, 5.41) is 4.66. The quantitative estimate of drug-likeness (QED) is 0.329. The van der Waals surface area contributed by atoms with Crippen molar-refractivity contribution in [3.8, 4) is 11.1 Å². The number of amides is 1. The number of benzene rings is 4. The molecule has 0 aromatic heterocycles. The van der Waals surface area contributed by atoms with Crippen LogP contribution in [0.4, 0.5) is 5.69 Å². The molecule has 8 heteroatoms. The molecule has 1 aliphatic rings. The predicted octanol–water partition coefficient (Wildman–Crippen LogP) is 5.30. The van der Waals surface area contributed by atoms with E-state index in [9.17, 15) is 13.2 Å². The number of sulfonamides is 1. The number of halogens is 1. The molecule has 0 bridgehead atoms. The SMILES string of the molecule is O=C(NN=C1c2ccccc2-c2ccccc21)c1cccc(S(=O)(=O)Nc2ccccc2Cl)c1. The summed E-state index contributed by atoms with van der Waals surface area (Å²) in [5.74, 6) is -0.524. The summed E-state index contributed by atoms with van der Waals surface area (Å²) >= 11 is 6.07. The zero-order chi connectivity index (χ0) is 23.7. The van der Waals surface area contributed by atoms with Crippen LogP contribution in [0.25, 0.3) is 11.1 Å². The standard InChI is InChI=1S/C26H18ClN3O3S/c27-23-14-5-6-15-24(23)30-34(32,33)18-9-7-8-17(16-18)26(31)29-28-25-21-12-3-1-10-19(21)20-11-2-4-13-22(20)25/h1-16,30H,(H,29,31). The van der Waals surface area contributed by atoms with Gasteiger partial charge in [0.05, 0.1) is 21.3 Å². The second-order valence-electron chi connectivity index (χ2n) is 7.61. The van der Waals surface area contributed by atoms with Gasteiger partial charge in [-0.1, -0.05) is 78.3 Å². The summed E-state index contributed by atoms with van der Waals surface area (Å²) in [6.45, 7) is 0. The first-order valence-corrected chi connectivity index (χ1v) is 12.2. The third kappa shape index (κ3) is 4.07. The van der Waals surface area contributed by atoms with Crippen molar-refractivity contribution in [1.82, 2.24) is 5.43 Å². The van der Waals surface area contributed by atoms with E-state index in [2.05, 4.69) is 15.2 Å². The second-order valence-corrected chi connectivity index (χ2v) is 9.70. The van der Waals surface area contributed by atoms with Crippen molar-refractivity contribution in [1.29, 1.82) is 0 Å². The van der Waals surface area contributed by atoms with E-state index in [-0.39, 0.29) is 21.2 Å². The van der Waals surface area contributed by atoms with Gasteiger partial charge in [0.1, 0.15) is 0 Å². The van der Waals surface area contributed by atoms with Gasteiger partial charge in [-0.2, -0.15) is 5.10 Å². The first kappa shape index (κ1) is 21.9. The highest BCUT2D eigenvalue weighted by atomic mass is 35.5. The van der Waals surface area contributed by atoms with Gasteiger partial charge in [-0.3, -0.25) is 9.52 Å². The third-order valence-electron chi connectivity index (χ3n) is 5.45. The Morgan fingerprint density at radius 1 is 0.735 bits per heavy atom. The monoisotopic (exact) mass is 487 g/mol. The molecule has 0 spiro atoms. The molecule has 0 unspecified atom stereocenters. The van der Waals surface area contributed by atoms with Gasteiger partial charge >= 0.3 is 0 Å². The number of hydrogen-bond donors (Lipinski definition) is 2. The highest BCUT2D eigenvalue weighted by Crippen LogP contribution is 2.36. The van der Waals surface area contributed by atoms with Crippen molar-refractivity contribution in [3.05, 3.63) is 119 Å². The van der Waals surface area contributed by atoms with E-state index in [0.717, 1.165) is 22.3 Å². The zero-order valence-electron chi connectivity index (χ0n) is 17.7. The molecule has 1 amide bonds. The lowest BCUT2D eigenvalue weighted by Gasteiger charge is -2.10. The number of nitrogens with one attached hydrogen (secondary N) is 2. The number of para-hydroxylation sites is 1. The van der Waals surface area contributed by atoms with Crippen LogP contribution in [0.5, 0.6) is 0 Å². The van der Waals surface area contributed by atoms with Gasteiger partial charge in [-0.15, -0.1) is 0 Å². The molecule has 4 aromatic carbocycles. The maximum absolute atomic E-state index is 12.9. The van der Waals surface area contributed by atoms with E-state index in [1.54, 1.807) is 24.3 Å². The van der Waals surface area contributed by atoms with Crippen LogP contribution in [-0.4, -0.2) is 20.0 Å². The fraction of sp³-hybridized carbons (Fsp3) is 0. The van der Waals surface area contributed by atoms with Crippen molar-refractivity contribution in [2.24, 2.45) is 5.10 Å². The molecular weight excluding hydrogens is 470 g/mol. The summed E-state index contributed by atoms with van der Waals surface area (Å²) in [7, 11) is -3.95. The summed E-state index contributed by atoms with van der Waals surface area (Å²) in [6.07, 6.45) is 0. The first-order chi connectivity index (χ1) is 16.4. The number of nitrogens with zero attached hydrogens (tertiary/aromatic N) is 1. The van der Waals surface area contributed by atoms with E-state index in [0.29, 0.717) is 5.71 Å². The average molecular weight is 488 g/mol. The third-order valence-corrected chi connectivity index (χ3v) is 7.14. The van der Waals surface area contributed by atoms with Crippen LogP contribution < -0.4 is 10.1 Å². The molecule has 0 heterocycles. The molecule has 6 nitrogen and oxygen atoms in total. The Balaban J connectivity index is 1.41. The zero-order valence-corrected chi connectivity index (χ0v) is 19.3. The van der Waals surface area contributed by atoms with Gasteiger partial charge in [0.15, 0.2) is 0 Å². The Hall–Kier alpha value is -3.94. The Morgan fingerprint density at radius 3 is 1.97 bits per heavy atom. The van der Waals surface area contributed by atoms with Gasteiger partial charge in [0.25, 0.3) is 15.9 Å². The Morgan fingerprint density at radius 2 is 1.32 bits per heavy atom. The Bertz CT molecular complexity index is 1520. The summed E-state index contributed by atoms with van der Waals surface area (Å²) < 4.78 is 28.1. The van der Waals surface area contributed by atoms with Crippen LogP contribution >= 0.6 is 11.6 Å². The largest absolute Gasteiger partial charge is 0.278 e. The van der Waals surface area contributed by atoms with Crippen LogP contribution in [0.15, 0.2) is 107 Å². The summed E-state index contributed by atoms with van der Waals surface area (Å²) in [6, 6.07) is 27.9. The van der Waals surface area contributed by atoms with Crippen molar-refractivity contribution in [3.63, 3.8) is 0 Å². The van der Waals surface area contributed by atoms with Crippen LogP contribution in [0, 0.1) is 0 Å². The van der Waals surface area contributed by atoms with Crippen molar-refractivity contribution in [2.45, 2.75) is 4.90 Å². The van der Waals surface area contributed by atoms with Crippen molar-refractivity contribution in [2.75, 3.05) is 4.72 Å². The minimum absolute atomic E-state index is 0.0655. The molecule has 168 valence electrons. The van der Waals surface area contributed by atoms with Gasteiger partial charge in [0.2, 0.25) is 0 Å². The maximum Gasteiger partial charge on any atom is 0.271 e. The lowest BCUT2D eigenvalue weighted by molar-refractivity contribution is 0.0954. The highest BCUT2D eigenvalue weighted by Gasteiger charge is 2.24. The molecule has 0 saturated heterocycles. The molecule has 0 fully saturated rings. The van der Waals surface area contributed by atoms with Gasteiger partial charge < -0.3 is 0 Å². The first-order valence-electron chi connectivity index (χ1n) is 10.4. The fourth-order valence-electron chi connectivity index (χ4n) is 3.84. The van der Waals surface area contributed by atoms with Crippen LogP contribution in [0.1, 0.15) is 21.5 Å². The van der Waals surface area contributed by atoms with E-state index < -0.39 is 15.9 Å². The minimum atomic E-state index is -3.95. The lowest BCUT2D eigenvalue weighted by atomic mass is 10.1. The van der Waals surface area contributed by atoms with Gasteiger partial charge in [0, 0.05) is 16.7 Å². The topological polar surface area (TPSA) is 87.6 Å². The smallest absolute Gasteiger partial charge is 0.271 e. The predicted molar refractivity (Wildman–Crippen MR) is 134 cm³/mol. The number of hydrazone groups is 1. The molecule has 0 radical (unpaired) electrons. The summed E-state index contributed by atoms with van der Waals surface area (Å²) in [5.41, 5.74) is 7.57. The van der Waals surface area contributed by atoms with Gasteiger partial charge in [-0.05, 0) is 41.5 Å². The van der Waals surface area contributed by atoms with Gasteiger partial charge in [-0.25, -0.2) is 13.8 Å². The normalized spacial score (nSPS) is 12.0. The number of rotatable bonds is 5. The van der Waals surface area contributed by atoms with Crippen LogP contribution in [0.2, 0.25) is 5.02 Å². The number of carbonyl (C=O) groups is 1. The molecule has 5 rings (SSSR count). The fourth-order valence-corrected chi connectivity index (χ4v) is 5.20. The Labute approximate surface area is 202 Å². The lowest BCUT2D eigenvalue weighted by Crippen LogP contribution is -2.21. The minimum Gasteiger partial charge on any atom is -0.278 e. The molecule has 0 atom stereocenters. The molecular formula is C26H18ClN3O3S. The highest BCUT2D eigenvalue weighted by molar-refractivity contribution is 7.92. The number of hydrogen-bond acceptors (Lipinski definition) is 4. The van der Waals surface area contributed by atoms with Crippen LogP contribution in [0.3, 0.4) is 0 Å². The number of anilines is 1. The molecule has 34 heavy (non-hydrogen) atoms. The van der Waals surface area contributed by atoms with Crippen molar-refractivity contribution >= 4 is 38.9 Å². The average Bonchev–Trinajstić information content (AvgIpc) is 3.18. The Kier molecular flexibility index (Phi) is 5.65. The molecule has 4 aromatic rings. The summed E-state index contributed by atoms with van der Waals surface area (Å²) in [4.78, 5) is 12.8. The van der Waals surface area contributed by atoms with E-state index in [4.69, 9.17) is 11.6 Å². The molecule has 0 aliphatic heterocycles. The van der Waals surface area contributed by atoms with E-state index in [1.807, 2.05) is 48.5 Å². The van der Waals surface area contributed by atoms with E-state index >= 15 is 0 Å². The van der Waals surface area contributed by atoms with E-state index in [1.165, 1.54) is 24.3 Å². The number of fused-ring (bicyclic) bond motifs is 3. The molecule has 0 saturated carbocycles. The maximum atomic E-state index is 12.9.